The molecule has 10 nitrogen and oxygen atoms in total. The van der Waals surface area contributed by atoms with Crippen molar-refractivity contribution in [2.75, 3.05) is 6.61 Å². The van der Waals surface area contributed by atoms with Gasteiger partial charge in [0.1, 0.15) is 0 Å². The van der Waals surface area contributed by atoms with Gasteiger partial charge in [-0.3, -0.25) is 0 Å². The molecule has 0 N–H and O–H groups in total. The van der Waals surface area contributed by atoms with Gasteiger partial charge in [0.05, 0.1) is 0 Å². The maximum atomic E-state index is 11.5. The van der Waals surface area contributed by atoms with Gasteiger partial charge in [-0.25, -0.2) is 0 Å². The molecule has 0 spiro atoms. The van der Waals surface area contributed by atoms with Crippen molar-refractivity contribution in [2.45, 2.75) is 58.3 Å². The van der Waals surface area contributed by atoms with Gasteiger partial charge in [-0.15, -0.1) is 0 Å². The molecule has 1 heterocycles. The Morgan fingerprint density at radius 2 is 1.46 bits per heavy atom. The van der Waals surface area contributed by atoms with Gasteiger partial charge in [0, 0.05) is 0 Å². The van der Waals surface area contributed by atoms with E-state index in [0.717, 1.165) is 20.8 Å². The SMILES string of the molecule is CC(=O)OC[C@H]1O[C@@H](OC(C)=O)[C@H](N=C=[Se])[C@@H](OC(C)=O)[C@@H]1OC(C)=O. The molecule has 11 heteroatoms. The standard InChI is InChI=1S/C15H19NO9Se/c1-7(17)21-5-11-13(22-8(2)18)14(23-9(3)19)12(16-6-26)15(25-11)24-10(4)20/h11-15H,5H2,1-4H3/t11-,12-,13-,14-,15-/m1/s1. The number of rotatable bonds is 6. The van der Waals surface area contributed by atoms with Crippen LogP contribution in [-0.2, 0) is 42.9 Å². The quantitative estimate of drug-likeness (QED) is 0.226. The Bertz CT molecular complexity index is 616. The Labute approximate surface area is 157 Å². The van der Waals surface area contributed by atoms with E-state index >= 15 is 0 Å². The van der Waals surface area contributed by atoms with Crippen LogP contribution in [0.2, 0.25) is 0 Å². The molecule has 144 valence electrons. The van der Waals surface area contributed by atoms with Gasteiger partial charge in [0.2, 0.25) is 0 Å². The third-order valence-electron chi connectivity index (χ3n) is 3.15. The van der Waals surface area contributed by atoms with E-state index in [1.54, 1.807) is 0 Å². The fourth-order valence-corrected chi connectivity index (χ4v) is 2.60. The van der Waals surface area contributed by atoms with Crippen LogP contribution in [0.15, 0.2) is 4.99 Å². The number of ether oxygens (including phenoxy) is 5. The van der Waals surface area contributed by atoms with Crippen molar-refractivity contribution in [1.29, 1.82) is 0 Å². The summed E-state index contributed by atoms with van der Waals surface area (Å²) < 4.78 is 28.4. The van der Waals surface area contributed by atoms with Crippen molar-refractivity contribution < 1.29 is 42.9 Å². The van der Waals surface area contributed by atoms with Crippen LogP contribution >= 0.6 is 0 Å². The summed E-state index contributed by atoms with van der Waals surface area (Å²) in [5.74, 6) is -2.62. The molecule has 5 atom stereocenters. The normalized spacial score (nSPS) is 27.5. The minimum atomic E-state index is -1.27. The van der Waals surface area contributed by atoms with E-state index in [2.05, 4.69) is 25.3 Å². The fourth-order valence-electron chi connectivity index (χ4n) is 2.34. The molecule has 0 aromatic rings. The molecule has 26 heavy (non-hydrogen) atoms. The molecule has 0 unspecified atom stereocenters. The molecule has 1 aliphatic rings. The molecule has 0 aromatic carbocycles. The summed E-state index contributed by atoms with van der Waals surface area (Å²) in [6.45, 7) is 4.34. The Balaban J connectivity index is 3.28. The fraction of sp³-hybridized carbons (Fsp3) is 0.667. The zero-order valence-corrected chi connectivity index (χ0v) is 16.3. The van der Waals surface area contributed by atoms with E-state index in [4.69, 9.17) is 23.7 Å². The third-order valence-corrected chi connectivity index (χ3v) is 3.37. The van der Waals surface area contributed by atoms with Crippen molar-refractivity contribution in [1.82, 2.24) is 0 Å². The molecular formula is C15H19NO9Se. The third kappa shape index (κ3) is 6.68. The first-order valence-corrected chi connectivity index (χ1v) is 8.38. The Hall–Kier alpha value is -2.06. The van der Waals surface area contributed by atoms with Crippen LogP contribution in [0.5, 0.6) is 0 Å². The molecule has 0 amide bonds. The number of carbonyl (C=O) groups excluding carboxylic acids is 4. The minimum absolute atomic E-state index is 0.318. The van der Waals surface area contributed by atoms with Crippen molar-refractivity contribution in [2.24, 2.45) is 4.99 Å². The Morgan fingerprint density at radius 3 is 1.92 bits per heavy atom. The molecule has 0 saturated carbocycles. The number of hydrogen-bond acceptors (Lipinski definition) is 10. The predicted molar refractivity (Wildman–Crippen MR) is 85.1 cm³/mol. The Morgan fingerprint density at radius 1 is 0.923 bits per heavy atom. The molecule has 1 fully saturated rings. The Kier molecular flexibility index (Phi) is 8.60. The van der Waals surface area contributed by atoms with E-state index in [0.29, 0.717) is 0 Å². The van der Waals surface area contributed by atoms with Gasteiger partial charge in [-0.1, -0.05) is 0 Å². The summed E-state index contributed by atoms with van der Waals surface area (Å²) in [5.41, 5.74) is 0. The molecule has 0 aromatic heterocycles. The zero-order valence-electron chi connectivity index (χ0n) is 14.6. The summed E-state index contributed by atoms with van der Waals surface area (Å²) >= 11 is 2.41. The van der Waals surface area contributed by atoms with Crippen molar-refractivity contribution in [3.8, 4) is 0 Å². The molecular weight excluding hydrogens is 417 g/mol. The summed E-state index contributed by atoms with van der Waals surface area (Å²) in [5, 5.41) is 0. The average molecular weight is 436 g/mol. The van der Waals surface area contributed by atoms with E-state index < -0.39 is 54.5 Å². The van der Waals surface area contributed by atoms with Crippen LogP contribution in [0.1, 0.15) is 27.7 Å². The molecule has 1 aliphatic heterocycles. The first-order valence-electron chi connectivity index (χ1n) is 7.53. The topological polar surface area (TPSA) is 127 Å². The van der Waals surface area contributed by atoms with E-state index in [1.807, 2.05) is 0 Å². The van der Waals surface area contributed by atoms with E-state index in [-0.39, 0.29) is 6.61 Å². The van der Waals surface area contributed by atoms with Crippen LogP contribution < -0.4 is 0 Å². The van der Waals surface area contributed by atoms with Crippen LogP contribution in [-0.4, -0.2) is 81.4 Å². The number of carbonyl (C=O) groups is 4. The number of esters is 4. The second-order valence-corrected chi connectivity index (χ2v) is 5.70. The average Bonchev–Trinajstić information content (AvgIpc) is 2.49. The van der Waals surface area contributed by atoms with Crippen LogP contribution in [0.4, 0.5) is 0 Å². The predicted octanol–water partition coefficient (Wildman–Crippen LogP) is -0.857. The van der Waals surface area contributed by atoms with Crippen molar-refractivity contribution in [3.05, 3.63) is 0 Å². The second-order valence-electron chi connectivity index (χ2n) is 5.31. The molecule has 0 aliphatic carbocycles. The first-order chi connectivity index (χ1) is 12.1. The van der Waals surface area contributed by atoms with E-state index in [9.17, 15) is 19.2 Å². The summed E-state index contributed by atoms with van der Waals surface area (Å²) in [6, 6.07) is -1.05. The summed E-state index contributed by atoms with van der Waals surface area (Å²) in [7, 11) is 0. The second kappa shape index (κ2) is 10.2. The maximum absolute atomic E-state index is 11.5. The van der Waals surface area contributed by atoms with Gasteiger partial charge in [0.25, 0.3) is 0 Å². The van der Waals surface area contributed by atoms with Gasteiger partial charge < -0.3 is 0 Å². The monoisotopic (exact) mass is 437 g/mol. The first kappa shape index (κ1) is 22.0. The molecule has 1 saturated heterocycles. The zero-order chi connectivity index (χ0) is 19.9. The molecule has 0 bridgehead atoms. The molecule has 0 radical (unpaired) electrons. The summed E-state index contributed by atoms with van der Waals surface area (Å²) in [4.78, 5) is 49.5. The molecule has 1 rings (SSSR count). The van der Waals surface area contributed by atoms with Gasteiger partial charge in [0.15, 0.2) is 0 Å². The van der Waals surface area contributed by atoms with Crippen LogP contribution in [0.25, 0.3) is 0 Å². The summed E-state index contributed by atoms with van der Waals surface area (Å²) in [6.07, 6.45) is -4.63. The van der Waals surface area contributed by atoms with Crippen molar-refractivity contribution in [3.63, 3.8) is 0 Å². The van der Waals surface area contributed by atoms with Gasteiger partial charge in [-0.2, -0.15) is 0 Å². The van der Waals surface area contributed by atoms with E-state index in [1.165, 1.54) is 6.92 Å². The van der Waals surface area contributed by atoms with Crippen molar-refractivity contribution >= 4 is 44.2 Å². The number of aliphatic imine (C=N–C) groups is 1. The van der Waals surface area contributed by atoms with Gasteiger partial charge in [-0.05, 0) is 0 Å². The number of hydrogen-bond donors (Lipinski definition) is 0. The van der Waals surface area contributed by atoms with Gasteiger partial charge >= 0.3 is 157 Å². The van der Waals surface area contributed by atoms with Crippen LogP contribution in [0.3, 0.4) is 0 Å². The number of nitrogens with zero attached hydrogens (tertiary/aromatic N) is 1. The van der Waals surface area contributed by atoms with Crippen LogP contribution in [0, 0.1) is 0 Å².